The maximum atomic E-state index is 13.9. The van der Waals surface area contributed by atoms with Crippen molar-refractivity contribution in [3.05, 3.63) is 34.6 Å². The van der Waals surface area contributed by atoms with E-state index in [1.165, 1.54) is 0 Å². The summed E-state index contributed by atoms with van der Waals surface area (Å²) in [7, 11) is 0. The average molecular weight is 209 g/mol. The van der Waals surface area contributed by atoms with Gasteiger partial charge in [-0.1, -0.05) is 17.7 Å². The Labute approximate surface area is 89.4 Å². The van der Waals surface area contributed by atoms with Crippen LogP contribution >= 0.6 is 0 Å². The largest absolute Gasteiger partial charge is 0.371 e. The number of nitrogens with one attached hydrogen (secondary N) is 1. The molecule has 0 saturated carbocycles. The van der Waals surface area contributed by atoms with Gasteiger partial charge in [-0.25, -0.2) is 4.39 Å². The summed E-state index contributed by atoms with van der Waals surface area (Å²) in [5.74, 6) is -0.130. The minimum Gasteiger partial charge on any atom is -0.371 e. The first-order chi connectivity index (χ1) is 7.18. The summed E-state index contributed by atoms with van der Waals surface area (Å²) in [4.78, 5) is 0. The van der Waals surface area contributed by atoms with Gasteiger partial charge >= 0.3 is 0 Å². The molecule has 2 nitrogen and oxygen atoms in total. The van der Waals surface area contributed by atoms with E-state index >= 15 is 0 Å². The van der Waals surface area contributed by atoms with Gasteiger partial charge in [0.15, 0.2) is 0 Å². The van der Waals surface area contributed by atoms with Crippen LogP contribution in [0.3, 0.4) is 0 Å². The van der Waals surface area contributed by atoms with Crippen molar-refractivity contribution in [1.29, 1.82) is 0 Å². The molecule has 0 radical (unpaired) electrons. The molecule has 1 fully saturated rings. The van der Waals surface area contributed by atoms with Crippen LogP contribution in [0.1, 0.15) is 22.8 Å². The van der Waals surface area contributed by atoms with Crippen molar-refractivity contribution in [2.24, 2.45) is 0 Å². The molecular weight excluding hydrogens is 193 g/mol. The monoisotopic (exact) mass is 209 g/mol. The first-order valence-corrected chi connectivity index (χ1v) is 5.27. The zero-order valence-electron chi connectivity index (χ0n) is 9.14. The summed E-state index contributed by atoms with van der Waals surface area (Å²) in [6, 6.07) is 3.73. The SMILES string of the molecule is Cc1cc(C)c(F)c(C2CNCCO2)c1. The minimum absolute atomic E-state index is 0.130. The maximum Gasteiger partial charge on any atom is 0.131 e. The molecule has 0 spiro atoms. The summed E-state index contributed by atoms with van der Waals surface area (Å²) in [6.07, 6.45) is -0.141. The quantitative estimate of drug-likeness (QED) is 0.764. The van der Waals surface area contributed by atoms with Crippen molar-refractivity contribution in [1.82, 2.24) is 5.32 Å². The molecule has 0 aromatic heterocycles. The first-order valence-electron chi connectivity index (χ1n) is 5.27. The third-order valence-corrected chi connectivity index (χ3v) is 2.70. The van der Waals surface area contributed by atoms with Crippen LogP contribution < -0.4 is 5.32 Å². The highest BCUT2D eigenvalue weighted by atomic mass is 19.1. The summed E-state index contributed by atoms with van der Waals surface area (Å²) in [5.41, 5.74) is 2.46. The van der Waals surface area contributed by atoms with E-state index in [4.69, 9.17) is 4.74 Å². The molecule has 1 N–H and O–H groups in total. The van der Waals surface area contributed by atoms with Crippen LogP contribution in [0.15, 0.2) is 12.1 Å². The molecule has 2 rings (SSSR count). The Morgan fingerprint density at radius 2 is 2.20 bits per heavy atom. The van der Waals surface area contributed by atoms with Crippen molar-refractivity contribution in [3.8, 4) is 0 Å². The van der Waals surface area contributed by atoms with Crippen LogP contribution in [0.25, 0.3) is 0 Å². The van der Waals surface area contributed by atoms with Gasteiger partial charge in [-0.2, -0.15) is 0 Å². The lowest BCUT2D eigenvalue weighted by Crippen LogP contribution is -2.33. The molecule has 1 heterocycles. The Morgan fingerprint density at radius 1 is 1.40 bits per heavy atom. The molecule has 1 aromatic carbocycles. The lowest BCUT2D eigenvalue weighted by atomic mass is 10.0. The number of ether oxygens (including phenoxy) is 1. The number of benzene rings is 1. The highest BCUT2D eigenvalue weighted by molar-refractivity contribution is 5.32. The van der Waals surface area contributed by atoms with Crippen LogP contribution in [0.2, 0.25) is 0 Å². The Bertz CT molecular complexity index is 359. The second kappa shape index (κ2) is 4.29. The summed E-state index contributed by atoms with van der Waals surface area (Å²) in [6.45, 7) is 5.97. The number of halogens is 1. The Morgan fingerprint density at radius 3 is 2.87 bits per heavy atom. The van der Waals surface area contributed by atoms with Crippen LogP contribution in [-0.2, 0) is 4.74 Å². The highest BCUT2D eigenvalue weighted by Gasteiger charge is 2.20. The standard InChI is InChI=1S/C12H16FNO/c1-8-5-9(2)12(13)10(6-8)11-7-14-3-4-15-11/h5-6,11,14H,3-4,7H2,1-2H3. The van der Waals surface area contributed by atoms with E-state index in [-0.39, 0.29) is 11.9 Å². The van der Waals surface area contributed by atoms with E-state index < -0.39 is 0 Å². The van der Waals surface area contributed by atoms with E-state index in [1.54, 1.807) is 6.92 Å². The summed E-state index contributed by atoms with van der Waals surface area (Å²) < 4.78 is 19.4. The van der Waals surface area contributed by atoms with E-state index in [1.807, 2.05) is 19.1 Å². The van der Waals surface area contributed by atoms with Gasteiger partial charge in [0.25, 0.3) is 0 Å². The maximum absolute atomic E-state index is 13.9. The third kappa shape index (κ3) is 2.19. The molecule has 1 aliphatic heterocycles. The Balaban J connectivity index is 2.33. The number of hydrogen-bond donors (Lipinski definition) is 1. The molecule has 82 valence electrons. The number of morpholine rings is 1. The average Bonchev–Trinajstić information content (AvgIpc) is 2.24. The minimum atomic E-state index is -0.141. The van der Waals surface area contributed by atoms with Gasteiger partial charge < -0.3 is 10.1 Å². The van der Waals surface area contributed by atoms with Crippen LogP contribution in [0.4, 0.5) is 4.39 Å². The molecule has 0 bridgehead atoms. The molecule has 0 amide bonds. The van der Waals surface area contributed by atoms with E-state index in [9.17, 15) is 4.39 Å². The molecule has 15 heavy (non-hydrogen) atoms. The fourth-order valence-corrected chi connectivity index (χ4v) is 1.98. The van der Waals surface area contributed by atoms with Crippen LogP contribution in [0.5, 0.6) is 0 Å². The second-order valence-electron chi connectivity index (χ2n) is 4.05. The number of hydrogen-bond acceptors (Lipinski definition) is 2. The molecule has 1 unspecified atom stereocenters. The van der Waals surface area contributed by atoms with Crippen molar-refractivity contribution >= 4 is 0 Å². The molecule has 1 atom stereocenters. The van der Waals surface area contributed by atoms with Crippen LogP contribution in [-0.4, -0.2) is 19.7 Å². The van der Waals surface area contributed by atoms with Gasteiger partial charge in [-0.05, 0) is 19.4 Å². The van der Waals surface area contributed by atoms with Crippen molar-refractivity contribution in [3.63, 3.8) is 0 Å². The normalized spacial score (nSPS) is 21.7. The van der Waals surface area contributed by atoms with E-state index in [0.717, 1.165) is 12.1 Å². The lowest BCUT2D eigenvalue weighted by Gasteiger charge is -2.25. The van der Waals surface area contributed by atoms with E-state index in [2.05, 4.69) is 5.32 Å². The van der Waals surface area contributed by atoms with Gasteiger partial charge in [0.1, 0.15) is 5.82 Å². The topological polar surface area (TPSA) is 21.3 Å². The molecule has 1 saturated heterocycles. The predicted octanol–water partition coefficient (Wildman–Crippen LogP) is 2.10. The fraction of sp³-hybridized carbons (Fsp3) is 0.500. The number of rotatable bonds is 1. The molecular formula is C12H16FNO. The van der Waals surface area contributed by atoms with Gasteiger partial charge in [-0.3, -0.25) is 0 Å². The zero-order chi connectivity index (χ0) is 10.8. The zero-order valence-corrected chi connectivity index (χ0v) is 9.14. The van der Waals surface area contributed by atoms with E-state index in [0.29, 0.717) is 24.3 Å². The lowest BCUT2D eigenvalue weighted by molar-refractivity contribution is 0.0254. The third-order valence-electron chi connectivity index (χ3n) is 2.70. The highest BCUT2D eigenvalue weighted by Crippen LogP contribution is 2.25. The smallest absolute Gasteiger partial charge is 0.131 e. The Kier molecular flexibility index (Phi) is 3.03. The van der Waals surface area contributed by atoms with Crippen LogP contribution in [0, 0.1) is 19.7 Å². The second-order valence-corrected chi connectivity index (χ2v) is 4.05. The van der Waals surface area contributed by atoms with Gasteiger partial charge in [0, 0.05) is 18.7 Å². The molecule has 0 aliphatic carbocycles. The number of aryl methyl sites for hydroxylation is 2. The first kappa shape index (κ1) is 10.6. The van der Waals surface area contributed by atoms with Gasteiger partial charge in [0.2, 0.25) is 0 Å². The molecule has 1 aliphatic rings. The molecule has 1 aromatic rings. The van der Waals surface area contributed by atoms with Gasteiger partial charge in [0.05, 0.1) is 12.7 Å². The van der Waals surface area contributed by atoms with Crippen molar-refractivity contribution in [2.45, 2.75) is 20.0 Å². The van der Waals surface area contributed by atoms with Crippen molar-refractivity contribution in [2.75, 3.05) is 19.7 Å². The Hall–Kier alpha value is -0.930. The summed E-state index contributed by atoms with van der Waals surface area (Å²) in [5, 5.41) is 3.21. The fourth-order valence-electron chi connectivity index (χ4n) is 1.98. The van der Waals surface area contributed by atoms with Gasteiger partial charge in [-0.15, -0.1) is 0 Å². The summed E-state index contributed by atoms with van der Waals surface area (Å²) >= 11 is 0. The molecule has 3 heteroatoms. The van der Waals surface area contributed by atoms with Crippen molar-refractivity contribution < 1.29 is 9.13 Å². The predicted molar refractivity (Wildman–Crippen MR) is 57.4 cm³/mol.